The molecule has 0 unspecified atom stereocenters. The number of aromatic nitrogens is 2. The summed E-state index contributed by atoms with van der Waals surface area (Å²) in [6, 6.07) is 1.36. The van der Waals surface area contributed by atoms with Gasteiger partial charge >= 0.3 is 0 Å². The molecule has 0 radical (unpaired) electrons. The van der Waals surface area contributed by atoms with Crippen LogP contribution in [-0.4, -0.2) is 15.5 Å². The summed E-state index contributed by atoms with van der Waals surface area (Å²) in [5.74, 6) is 3.02. The van der Waals surface area contributed by atoms with Crippen molar-refractivity contribution in [3.63, 3.8) is 0 Å². The molecule has 0 atom stereocenters. The SMILES string of the molecule is C#CC(C)(C)Nc1cc(=O)[nH]cn1. The van der Waals surface area contributed by atoms with E-state index in [1.165, 1.54) is 12.4 Å². The molecule has 0 aliphatic rings. The first-order valence-electron chi connectivity index (χ1n) is 3.84. The smallest absolute Gasteiger partial charge is 0.252 e. The Balaban J connectivity index is 2.88. The van der Waals surface area contributed by atoms with Crippen molar-refractivity contribution < 1.29 is 0 Å². The van der Waals surface area contributed by atoms with Crippen LogP contribution in [0.5, 0.6) is 0 Å². The fourth-order valence-corrected chi connectivity index (χ4v) is 0.793. The van der Waals surface area contributed by atoms with Crippen molar-refractivity contribution in [2.45, 2.75) is 19.4 Å². The van der Waals surface area contributed by atoms with Crippen LogP contribution in [0.2, 0.25) is 0 Å². The number of H-pyrrole nitrogens is 1. The third-order valence-electron chi connectivity index (χ3n) is 1.48. The lowest BCUT2D eigenvalue weighted by Gasteiger charge is -2.19. The Morgan fingerprint density at radius 2 is 2.38 bits per heavy atom. The summed E-state index contributed by atoms with van der Waals surface area (Å²) in [5.41, 5.74) is -0.703. The van der Waals surface area contributed by atoms with E-state index in [1.807, 2.05) is 13.8 Å². The van der Waals surface area contributed by atoms with Gasteiger partial charge in [0.05, 0.1) is 11.9 Å². The van der Waals surface area contributed by atoms with Gasteiger partial charge in [0.2, 0.25) is 0 Å². The number of terminal acetylenes is 1. The molecule has 1 aromatic heterocycles. The quantitative estimate of drug-likeness (QED) is 0.650. The molecule has 1 rings (SSSR count). The number of anilines is 1. The Labute approximate surface area is 76.4 Å². The molecule has 68 valence electrons. The van der Waals surface area contributed by atoms with Crippen molar-refractivity contribution in [3.8, 4) is 12.3 Å². The van der Waals surface area contributed by atoms with E-state index in [4.69, 9.17) is 6.42 Å². The fourth-order valence-electron chi connectivity index (χ4n) is 0.793. The van der Waals surface area contributed by atoms with Crippen molar-refractivity contribution in [3.05, 3.63) is 22.7 Å². The molecule has 0 saturated heterocycles. The molecule has 1 heterocycles. The lowest BCUT2D eigenvalue weighted by Crippen LogP contribution is -2.29. The molecule has 0 fully saturated rings. The fraction of sp³-hybridized carbons (Fsp3) is 0.333. The summed E-state index contributed by atoms with van der Waals surface area (Å²) in [4.78, 5) is 17.2. The Bertz CT molecular complexity index is 386. The number of rotatable bonds is 2. The van der Waals surface area contributed by atoms with Crippen molar-refractivity contribution in [1.82, 2.24) is 9.97 Å². The van der Waals surface area contributed by atoms with Crippen LogP contribution < -0.4 is 10.9 Å². The third-order valence-corrected chi connectivity index (χ3v) is 1.48. The molecule has 0 bridgehead atoms. The van der Waals surface area contributed by atoms with Crippen molar-refractivity contribution in [2.24, 2.45) is 0 Å². The maximum absolute atomic E-state index is 10.9. The van der Waals surface area contributed by atoms with E-state index in [-0.39, 0.29) is 5.56 Å². The number of nitrogens with one attached hydrogen (secondary N) is 2. The van der Waals surface area contributed by atoms with Crippen LogP contribution in [-0.2, 0) is 0 Å². The van der Waals surface area contributed by atoms with E-state index in [0.29, 0.717) is 5.82 Å². The first-order valence-corrected chi connectivity index (χ1v) is 3.84. The summed E-state index contributed by atoms with van der Waals surface area (Å²) >= 11 is 0. The topological polar surface area (TPSA) is 57.8 Å². The zero-order valence-corrected chi connectivity index (χ0v) is 7.59. The summed E-state index contributed by atoms with van der Waals surface area (Å²) in [6.45, 7) is 3.66. The number of aromatic amines is 1. The molecule has 0 spiro atoms. The number of hydrogen-bond acceptors (Lipinski definition) is 3. The molecular weight excluding hydrogens is 166 g/mol. The maximum atomic E-state index is 10.9. The molecule has 4 heteroatoms. The third kappa shape index (κ3) is 2.64. The molecule has 0 aliphatic carbocycles. The number of nitrogens with zero attached hydrogens (tertiary/aromatic N) is 1. The van der Waals surface area contributed by atoms with Crippen LogP contribution in [0.4, 0.5) is 5.82 Å². The second-order valence-electron chi connectivity index (χ2n) is 3.19. The Hall–Kier alpha value is -1.76. The standard InChI is InChI=1S/C9H11N3O/c1-4-9(2,3)12-7-5-8(13)11-6-10-7/h1,5-6H,2-3H3,(H2,10,11,12,13). The second kappa shape index (κ2) is 3.31. The highest BCUT2D eigenvalue weighted by atomic mass is 16.1. The summed E-state index contributed by atoms with van der Waals surface area (Å²) in [6.07, 6.45) is 6.60. The van der Waals surface area contributed by atoms with Gasteiger partial charge in [-0.05, 0) is 13.8 Å². The maximum Gasteiger partial charge on any atom is 0.252 e. The second-order valence-corrected chi connectivity index (χ2v) is 3.19. The van der Waals surface area contributed by atoms with Gasteiger partial charge in [0.25, 0.3) is 5.56 Å². The average molecular weight is 177 g/mol. The Morgan fingerprint density at radius 3 is 2.92 bits per heavy atom. The van der Waals surface area contributed by atoms with Gasteiger partial charge in [-0.25, -0.2) is 4.98 Å². The molecule has 2 N–H and O–H groups in total. The van der Waals surface area contributed by atoms with E-state index in [1.54, 1.807) is 0 Å². The van der Waals surface area contributed by atoms with Crippen LogP contribution in [0.3, 0.4) is 0 Å². The predicted molar refractivity (Wildman–Crippen MR) is 51.4 cm³/mol. The zero-order chi connectivity index (χ0) is 9.90. The summed E-state index contributed by atoms with van der Waals surface area (Å²) in [5, 5.41) is 2.94. The highest BCUT2D eigenvalue weighted by Gasteiger charge is 2.13. The van der Waals surface area contributed by atoms with Crippen molar-refractivity contribution >= 4 is 5.82 Å². The Kier molecular flexibility index (Phi) is 2.38. The average Bonchev–Trinajstić information content (AvgIpc) is 2.03. The Morgan fingerprint density at radius 1 is 1.69 bits per heavy atom. The summed E-state index contributed by atoms with van der Waals surface area (Å²) < 4.78 is 0. The molecular formula is C9H11N3O. The van der Waals surface area contributed by atoms with Crippen molar-refractivity contribution in [2.75, 3.05) is 5.32 Å². The number of hydrogen-bond donors (Lipinski definition) is 2. The van der Waals surface area contributed by atoms with Crippen LogP contribution in [0.15, 0.2) is 17.2 Å². The molecule has 0 aliphatic heterocycles. The van der Waals surface area contributed by atoms with Crippen LogP contribution in [0.1, 0.15) is 13.8 Å². The van der Waals surface area contributed by atoms with Gasteiger partial charge in [-0.15, -0.1) is 6.42 Å². The minimum atomic E-state index is -0.499. The minimum absolute atomic E-state index is 0.203. The largest absolute Gasteiger partial charge is 0.354 e. The van der Waals surface area contributed by atoms with Crippen LogP contribution >= 0.6 is 0 Å². The highest BCUT2D eigenvalue weighted by Crippen LogP contribution is 2.08. The van der Waals surface area contributed by atoms with Gasteiger partial charge in [-0.2, -0.15) is 0 Å². The van der Waals surface area contributed by atoms with Gasteiger partial charge in [-0.3, -0.25) is 4.79 Å². The molecule has 4 nitrogen and oxygen atoms in total. The normalized spacial score (nSPS) is 10.5. The van der Waals surface area contributed by atoms with Gasteiger partial charge in [0, 0.05) is 6.07 Å². The zero-order valence-electron chi connectivity index (χ0n) is 7.59. The van der Waals surface area contributed by atoms with Crippen LogP contribution in [0.25, 0.3) is 0 Å². The summed E-state index contributed by atoms with van der Waals surface area (Å²) in [7, 11) is 0. The van der Waals surface area contributed by atoms with E-state index >= 15 is 0 Å². The predicted octanol–water partition coefficient (Wildman–Crippen LogP) is 0.594. The van der Waals surface area contributed by atoms with Crippen molar-refractivity contribution in [1.29, 1.82) is 0 Å². The first kappa shape index (κ1) is 9.33. The first-order chi connectivity index (χ1) is 6.03. The lowest BCUT2D eigenvalue weighted by atomic mass is 10.1. The molecule has 0 saturated carbocycles. The van der Waals surface area contributed by atoms with E-state index in [0.717, 1.165) is 0 Å². The highest BCUT2D eigenvalue weighted by molar-refractivity contribution is 5.38. The lowest BCUT2D eigenvalue weighted by molar-refractivity contribution is 0.734. The molecule has 1 aromatic rings. The minimum Gasteiger partial charge on any atom is -0.354 e. The van der Waals surface area contributed by atoms with Gasteiger partial charge in [-0.1, -0.05) is 5.92 Å². The van der Waals surface area contributed by atoms with Crippen LogP contribution in [0, 0.1) is 12.3 Å². The van der Waals surface area contributed by atoms with E-state index in [2.05, 4.69) is 21.2 Å². The van der Waals surface area contributed by atoms with Gasteiger partial charge < -0.3 is 10.3 Å². The molecule has 0 aromatic carbocycles. The monoisotopic (exact) mass is 177 g/mol. The molecule has 13 heavy (non-hydrogen) atoms. The van der Waals surface area contributed by atoms with E-state index < -0.39 is 5.54 Å². The molecule has 0 amide bonds. The van der Waals surface area contributed by atoms with Gasteiger partial charge in [0.15, 0.2) is 0 Å². The van der Waals surface area contributed by atoms with Gasteiger partial charge in [0.1, 0.15) is 5.82 Å². The van der Waals surface area contributed by atoms with E-state index in [9.17, 15) is 4.79 Å².